The molecule has 0 atom stereocenters. The smallest absolute Gasteiger partial charge is 0.165 e. The van der Waals surface area contributed by atoms with E-state index < -0.39 is 0 Å². The normalized spacial score (nSPS) is 10.9. The fourth-order valence-corrected chi connectivity index (χ4v) is 1.43. The summed E-state index contributed by atoms with van der Waals surface area (Å²) in [5.41, 5.74) is 0.903. The Bertz CT molecular complexity index is 356. The predicted octanol–water partition coefficient (Wildman–Crippen LogP) is 2.60. The molecular formula is C14H22FNO2. The molecule has 0 aromatic heterocycles. The van der Waals surface area contributed by atoms with Crippen molar-refractivity contribution >= 4 is 0 Å². The van der Waals surface area contributed by atoms with Crippen molar-refractivity contribution in [2.45, 2.75) is 20.4 Å². The second-order valence-electron chi connectivity index (χ2n) is 4.64. The topological polar surface area (TPSA) is 30.5 Å². The van der Waals surface area contributed by atoms with E-state index >= 15 is 0 Å². The lowest BCUT2D eigenvalue weighted by Crippen LogP contribution is -2.18. The van der Waals surface area contributed by atoms with Crippen molar-refractivity contribution in [2.24, 2.45) is 5.92 Å². The largest absolute Gasteiger partial charge is 0.490 e. The van der Waals surface area contributed by atoms with Gasteiger partial charge in [-0.2, -0.15) is 0 Å². The minimum absolute atomic E-state index is 0.304. The Balaban J connectivity index is 2.46. The molecule has 0 heterocycles. The van der Waals surface area contributed by atoms with Crippen LogP contribution in [0.25, 0.3) is 0 Å². The number of rotatable bonds is 8. The Hall–Kier alpha value is -1.13. The zero-order chi connectivity index (χ0) is 13.4. The molecule has 0 saturated heterocycles. The van der Waals surface area contributed by atoms with Crippen molar-refractivity contribution in [3.8, 4) is 5.75 Å². The second-order valence-corrected chi connectivity index (χ2v) is 4.64. The minimum Gasteiger partial charge on any atom is -0.490 e. The molecule has 0 saturated carbocycles. The Morgan fingerprint density at radius 3 is 2.72 bits per heavy atom. The summed E-state index contributed by atoms with van der Waals surface area (Å²) in [7, 11) is 1.65. The fraction of sp³-hybridized carbons (Fsp3) is 0.571. The van der Waals surface area contributed by atoms with Gasteiger partial charge in [0.05, 0.1) is 13.2 Å². The molecule has 0 bridgehead atoms. The van der Waals surface area contributed by atoms with Crippen LogP contribution in [0.3, 0.4) is 0 Å². The Morgan fingerprint density at radius 2 is 2.11 bits per heavy atom. The summed E-state index contributed by atoms with van der Waals surface area (Å²) in [4.78, 5) is 0. The Labute approximate surface area is 108 Å². The number of hydrogen-bond acceptors (Lipinski definition) is 3. The number of ether oxygens (including phenoxy) is 2. The highest BCUT2D eigenvalue weighted by Crippen LogP contribution is 2.19. The maximum Gasteiger partial charge on any atom is 0.165 e. The van der Waals surface area contributed by atoms with Crippen LogP contribution in [0.15, 0.2) is 18.2 Å². The molecule has 0 aliphatic heterocycles. The van der Waals surface area contributed by atoms with Crippen LogP contribution in [0.4, 0.5) is 4.39 Å². The lowest BCUT2D eigenvalue weighted by molar-refractivity contribution is 0.199. The van der Waals surface area contributed by atoms with Crippen molar-refractivity contribution < 1.29 is 13.9 Å². The SMILES string of the molecule is COCCNCc1ccc(OCC(C)C)c(F)c1. The van der Waals surface area contributed by atoms with E-state index in [4.69, 9.17) is 9.47 Å². The molecular weight excluding hydrogens is 233 g/mol. The molecule has 0 spiro atoms. The quantitative estimate of drug-likeness (QED) is 0.724. The average Bonchev–Trinajstić information content (AvgIpc) is 2.33. The maximum atomic E-state index is 13.7. The zero-order valence-electron chi connectivity index (χ0n) is 11.3. The van der Waals surface area contributed by atoms with Crippen LogP contribution in [-0.4, -0.2) is 26.9 Å². The van der Waals surface area contributed by atoms with Crippen molar-refractivity contribution in [1.29, 1.82) is 0 Å². The number of benzene rings is 1. The summed E-state index contributed by atoms with van der Waals surface area (Å²) in [5.74, 6) is 0.408. The van der Waals surface area contributed by atoms with E-state index in [1.165, 1.54) is 6.07 Å². The molecule has 18 heavy (non-hydrogen) atoms. The summed E-state index contributed by atoms with van der Waals surface area (Å²) >= 11 is 0. The average molecular weight is 255 g/mol. The highest BCUT2D eigenvalue weighted by molar-refractivity contribution is 5.29. The summed E-state index contributed by atoms with van der Waals surface area (Å²) in [6, 6.07) is 5.07. The molecule has 1 aromatic carbocycles. The molecule has 0 radical (unpaired) electrons. The molecule has 0 amide bonds. The van der Waals surface area contributed by atoms with E-state index in [1.54, 1.807) is 13.2 Å². The van der Waals surface area contributed by atoms with Gasteiger partial charge in [-0.25, -0.2) is 4.39 Å². The van der Waals surface area contributed by atoms with Crippen molar-refractivity contribution in [3.63, 3.8) is 0 Å². The predicted molar refractivity (Wildman–Crippen MR) is 70.3 cm³/mol. The number of methoxy groups -OCH3 is 1. The van der Waals surface area contributed by atoms with E-state index in [0.717, 1.165) is 12.1 Å². The van der Waals surface area contributed by atoms with Crippen LogP contribution in [0, 0.1) is 11.7 Å². The zero-order valence-corrected chi connectivity index (χ0v) is 11.3. The van der Waals surface area contributed by atoms with Crippen LogP contribution in [0.5, 0.6) is 5.75 Å². The van der Waals surface area contributed by atoms with Gasteiger partial charge in [-0.05, 0) is 23.6 Å². The molecule has 0 fully saturated rings. The third-order valence-electron chi connectivity index (χ3n) is 2.38. The van der Waals surface area contributed by atoms with Gasteiger partial charge in [-0.15, -0.1) is 0 Å². The lowest BCUT2D eigenvalue weighted by atomic mass is 10.2. The van der Waals surface area contributed by atoms with Gasteiger partial charge in [0.2, 0.25) is 0 Å². The van der Waals surface area contributed by atoms with Crippen LogP contribution in [0.1, 0.15) is 19.4 Å². The summed E-state index contributed by atoms with van der Waals surface area (Å²) in [6.07, 6.45) is 0. The summed E-state index contributed by atoms with van der Waals surface area (Å²) in [6.45, 7) is 6.63. The monoisotopic (exact) mass is 255 g/mol. The molecule has 1 rings (SSSR count). The fourth-order valence-electron chi connectivity index (χ4n) is 1.43. The molecule has 0 aliphatic carbocycles. The second kappa shape index (κ2) is 8.06. The van der Waals surface area contributed by atoms with Crippen LogP contribution >= 0.6 is 0 Å². The van der Waals surface area contributed by atoms with Crippen molar-refractivity contribution in [2.75, 3.05) is 26.9 Å². The molecule has 0 unspecified atom stereocenters. The molecule has 1 N–H and O–H groups in total. The van der Waals surface area contributed by atoms with Crippen molar-refractivity contribution in [3.05, 3.63) is 29.6 Å². The van der Waals surface area contributed by atoms with Crippen molar-refractivity contribution in [1.82, 2.24) is 5.32 Å². The van der Waals surface area contributed by atoms with Crippen LogP contribution in [0.2, 0.25) is 0 Å². The van der Waals surface area contributed by atoms with Gasteiger partial charge in [-0.1, -0.05) is 19.9 Å². The first-order valence-electron chi connectivity index (χ1n) is 6.24. The number of hydrogen-bond donors (Lipinski definition) is 1. The van der Waals surface area contributed by atoms with Gasteiger partial charge in [-0.3, -0.25) is 0 Å². The first-order valence-corrected chi connectivity index (χ1v) is 6.24. The van der Waals surface area contributed by atoms with Gasteiger partial charge >= 0.3 is 0 Å². The van der Waals surface area contributed by atoms with Crippen LogP contribution in [-0.2, 0) is 11.3 Å². The third-order valence-corrected chi connectivity index (χ3v) is 2.38. The standard InChI is InChI=1S/C14H22FNO2/c1-11(2)10-18-14-5-4-12(8-13(14)15)9-16-6-7-17-3/h4-5,8,11,16H,6-7,9-10H2,1-3H3. The van der Waals surface area contributed by atoms with E-state index in [-0.39, 0.29) is 5.82 Å². The summed E-state index contributed by atoms with van der Waals surface area (Å²) < 4.78 is 24.0. The summed E-state index contributed by atoms with van der Waals surface area (Å²) in [5, 5.41) is 3.17. The van der Waals surface area contributed by atoms with E-state index in [1.807, 2.05) is 19.9 Å². The van der Waals surface area contributed by atoms with Gasteiger partial charge < -0.3 is 14.8 Å². The van der Waals surface area contributed by atoms with E-state index in [0.29, 0.717) is 31.4 Å². The highest BCUT2D eigenvalue weighted by Gasteiger charge is 2.05. The van der Waals surface area contributed by atoms with Gasteiger partial charge in [0.25, 0.3) is 0 Å². The van der Waals surface area contributed by atoms with E-state index in [9.17, 15) is 4.39 Å². The molecule has 102 valence electrons. The lowest BCUT2D eigenvalue weighted by Gasteiger charge is -2.11. The first kappa shape index (κ1) is 14.9. The molecule has 4 heteroatoms. The number of nitrogens with one attached hydrogen (secondary N) is 1. The molecule has 0 aliphatic rings. The highest BCUT2D eigenvalue weighted by atomic mass is 19.1. The Morgan fingerprint density at radius 1 is 1.33 bits per heavy atom. The van der Waals surface area contributed by atoms with Gasteiger partial charge in [0.15, 0.2) is 11.6 Å². The third kappa shape index (κ3) is 5.47. The Kier molecular flexibility index (Phi) is 6.68. The van der Waals surface area contributed by atoms with Gasteiger partial charge in [0, 0.05) is 20.2 Å². The number of halogens is 1. The van der Waals surface area contributed by atoms with Crippen LogP contribution < -0.4 is 10.1 Å². The maximum absolute atomic E-state index is 13.7. The van der Waals surface area contributed by atoms with Gasteiger partial charge in [0.1, 0.15) is 0 Å². The molecule has 3 nitrogen and oxygen atoms in total. The molecule has 1 aromatic rings. The first-order chi connectivity index (χ1) is 8.63. The minimum atomic E-state index is -0.304. The van der Waals surface area contributed by atoms with E-state index in [2.05, 4.69) is 5.32 Å².